The summed E-state index contributed by atoms with van der Waals surface area (Å²) in [4.78, 5) is 34.8. The Kier molecular flexibility index (Phi) is 10.7. The summed E-state index contributed by atoms with van der Waals surface area (Å²) in [6.07, 6.45) is 1.18. The highest BCUT2D eigenvalue weighted by molar-refractivity contribution is 7.80. The number of hydrogen-bond acceptors (Lipinski definition) is 6. The lowest BCUT2D eigenvalue weighted by Crippen LogP contribution is -2.34. The van der Waals surface area contributed by atoms with Gasteiger partial charge in [0.2, 0.25) is 11.8 Å². The van der Waals surface area contributed by atoms with Gasteiger partial charge in [0.05, 0.1) is 13.0 Å². The SMILES string of the molecule is CCCC(=O)Nc1ccc(NC(=S)NC(=O)CCC(=O)OCCOC)cc1. The van der Waals surface area contributed by atoms with Gasteiger partial charge in [-0.05, 0) is 42.9 Å². The molecule has 1 rings (SSSR count). The van der Waals surface area contributed by atoms with Crippen molar-refractivity contribution in [1.82, 2.24) is 5.32 Å². The summed E-state index contributed by atoms with van der Waals surface area (Å²) in [6, 6.07) is 6.92. The van der Waals surface area contributed by atoms with Crippen LogP contribution in [0.15, 0.2) is 24.3 Å². The van der Waals surface area contributed by atoms with E-state index in [0.717, 1.165) is 6.42 Å². The molecule has 0 spiro atoms. The maximum atomic E-state index is 11.8. The quantitative estimate of drug-likeness (QED) is 0.317. The molecule has 0 bridgehead atoms. The number of carbonyl (C=O) groups is 3. The topological polar surface area (TPSA) is 106 Å². The molecule has 3 N–H and O–H groups in total. The molecule has 9 heteroatoms. The van der Waals surface area contributed by atoms with Crippen molar-refractivity contribution >= 4 is 46.5 Å². The van der Waals surface area contributed by atoms with Crippen LogP contribution in [-0.2, 0) is 23.9 Å². The Bertz CT molecular complexity index is 649. The van der Waals surface area contributed by atoms with Crippen LogP contribution in [0.1, 0.15) is 32.6 Å². The van der Waals surface area contributed by atoms with Gasteiger partial charge in [0.25, 0.3) is 0 Å². The number of ether oxygens (including phenoxy) is 2. The second kappa shape index (κ2) is 12.8. The van der Waals surface area contributed by atoms with Crippen molar-refractivity contribution in [3.63, 3.8) is 0 Å². The molecule has 0 atom stereocenters. The minimum absolute atomic E-state index is 0.0317. The van der Waals surface area contributed by atoms with E-state index in [1.54, 1.807) is 24.3 Å². The van der Waals surface area contributed by atoms with Crippen LogP contribution >= 0.6 is 12.2 Å². The molecule has 148 valence electrons. The number of hydrogen-bond donors (Lipinski definition) is 3. The smallest absolute Gasteiger partial charge is 0.306 e. The molecule has 0 saturated heterocycles. The summed E-state index contributed by atoms with van der Waals surface area (Å²) in [5.41, 5.74) is 1.34. The number of esters is 1. The summed E-state index contributed by atoms with van der Waals surface area (Å²) < 4.78 is 9.63. The lowest BCUT2D eigenvalue weighted by Gasteiger charge is -2.10. The second-order valence-electron chi connectivity index (χ2n) is 5.59. The number of methoxy groups -OCH3 is 1. The predicted molar refractivity (Wildman–Crippen MR) is 106 cm³/mol. The first-order chi connectivity index (χ1) is 12.9. The summed E-state index contributed by atoms with van der Waals surface area (Å²) >= 11 is 5.07. The lowest BCUT2D eigenvalue weighted by molar-refractivity contribution is -0.146. The van der Waals surface area contributed by atoms with Crippen molar-refractivity contribution < 1.29 is 23.9 Å². The maximum absolute atomic E-state index is 11.8. The van der Waals surface area contributed by atoms with Gasteiger partial charge in [0.1, 0.15) is 6.61 Å². The van der Waals surface area contributed by atoms with Crippen LogP contribution in [0.3, 0.4) is 0 Å². The van der Waals surface area contributed by atoms with Crippen LogP contribution in [-0.4, -0.2) is 43.2 Å². The lowest BCUT2D eigenvalue weighted by atomic mass is 10.2. The molecule has 0 saturated carbocycles. The van der Waals surface area contributed by atoms with Crippen LogP contribution in [0.5, 0.6) is 0 Å². The Labute approximate surface area is 164 Å². The Morgan fingerprint density at radius 1 is 0.926 bits per heavy atom. The summed E-state index contributed by atoms with van der Waals surface area (Å²) in [5.74, 6) is -0.900. The Morgan fingerprint density at radius 3 is 2.15 bits per heavy atom. The number of benzene rings is 1. The minimum atomic E-state index is -0.471. The van der Waals surface area contributed by atoms with E-state index in [-0.39, 0.29) is 36.4 Å². The Hall–Kier alpha value is -2.52. The highest BCUT2D eigenvalue weighted by Gasteiger charge is 2.10. The zero-order valence-electron chi connectivity index (χ0n) is 15.5. The molecule has 1 aromatic rings. The van der Waals surface area contributed by atoms with Crippen molar-refractivity contribution in [3.05, 3.63) is 24.3 Å². The van der Waals surface area contributed by atoms with Gasteiger partial charge in [0.15, 0.2) is 5.11 Å². The zero-order chi connectivity index (χ0) is 20.1. The minimum Gasteiger partial charge on any atom is -0.463 e. The van der Waals surface area contributed by atoms with E-state index in [2.05, 4.69) is 16.0 Å². The summed E-state index contributed by atoms with van der Waals surface area (Å²) in [5, 5.41) is 8.26. The fourth-order valence-corrected chi connectivity index (χ4v) is 2.20. The van der Waals surface area contributed by atoms with Crippen LogP contribution in [0.4, 0.5) is 11.4 Å². The first kappa shape index (κ1) is 22.5. The molecule has 0 fully saturated rings. The van der Waals surface area contributed by atoms with Crippen molar-refractivity contribution in [1.29, 1.82) is 0 Å². The summed E-state index contributed by atoms with van der Waals surface area (Å²) in [6.45, 7) is 2.41. The highest BCUT2D eigenvalue weighted by Crippen LogP contribution is 2.14. The molecular weight excluding hydrogens is 370 g/mol. The van der Waals surface area contributed by atoms with E-state index < -0.39 is 5.97 Å². The average molecular weight is 395 g/mol. The molecule has 0 aliphatic carbocycles. The number of thiocarbonyl (C=S) groups is 1. The standard InChI is InChI=1S/C18H25N3O5S/c1-3-4-15(22)19-13-5-7-14(8-6-13)20-18(27)21-16(23)9-10-17(24)26-12-11-25-2/h5-8H,3-4,9-12H2,1-2H3,(H,19,22)(H2,20,21,23,27). The second-order valence-corrected chi connectivity index (χ2v) is 6.00. The number of carbonyl (C=O) groups excluding carboxylic acids is 3. The third kappa shape index (κ3) is 10.3. The normalized spacial score (nSPS) is 10.0. The molecule has 0 aliphatic heterocycles. The largest absolute Gasteiger partial charge is 0.463 e. The van der Waals surface area contributed by atoms with Crippen molar-refractivity contribution in [2.24, 2.45) is 0 Å². The number of rotatable bonds is 10. The van der Waals surface area contributed by atoms with E-state index in [9.17, 15) is 14.4 Å². The van der Waals surface area contributed by atoms with Gasteiger partial charge >= 0.3 is 5.97 Å². The van der Waals surface area contributed by atoms with Crippen molar-refractivity contribution in [3.8, 4) is 0 Å². The van der Waals surface area contributed by atoms with Crippen LogP contribution in [0.25, 0.3) is 0 Å². The number of amides is 2. The van der Waals surface area contributed by atoms with Crippen molar-refractivity contribution in [2.45, 2.75) is 32.6 Å². The van der Waals surface area contributed by atoms with Gasteiger partial charge in [-0.25, -0.2) is 0 Å². The van der Waals surface area contributed by atoms with E-state index >= 15 is 0 Å². The number of anilines is 2. The van der Waals surface area contributed by atoms with Crippen LogP contribution in [0, 0.1) is 0 Å². The monoisotopic (exact) mass is 395 g/mol. The number of nitrogens with one attached hydrogen (secondary N) is 3. The van der Waals surface area contributed by atoms with Gasteiger partial charge in [0, 0.05) is 31.3 Å². The maximum Gasteiger partial charge on any atom is 0.306 e. The first-order valence-electron chi connectivity index (χ1n) is 8.60. The van der Waals surface area contributed by atoms with Gasteiger partial charge < -0.3 is 25.4 Å². The molecule has 0 unspecified atom stereocenters. The molecule has 2 amide bonds. The third-order valence-electron chi connectivity index (χ3n) is 3.26. The van der Waals surface area contributed by atoms with Gasteiger partial charge in [-0.2, -0.15) is 0 Å². The van der Waals surface area contributed by atoms with Crippen molar-refractivity contribution in [2.75, 3.05) is 31.0 Å². The van der Waals surface area contributed by atoms with E-state index in [1.807, 2.05) is 6.92 Å². The fourth-order valence-electron chi connectivity index (χ4n) is 1.97. The molecule has 0 radical (unpaired) electrons. The summed E-state index contributed by atoms with van der Waals surface area (Å²) in [7, 11) is 1.51. The highest BCUT2D eigenvalue weighted by atomic mass is 32.1. The zero-order valence-corrected chi connectivity index (χ0v) is 16.3. The van der Waals surface area contributed by atoms with Gasteiger partial charge in [-0.1, -0.05) is 6.92 Å². The molecule has 0 aliphatic rings. The molecule has 1 aromatic carbocycles. The molecule has 0 heterocycles. The van der Waals surface area contributed by atoms with E-state index in [0.29, 0.717) is 24.4 Å². The average Bonchev–Trinajstić information content (AvgIpc) is 2.62. The molecular formula is C18H25N3O5S. The van der Waals surface area contributed by atoms with Crippen LogP contribution in [0.2, 0.25) is 0 Å². The van der Waals surface area contributed by atoms with E-state index in [1.165, 1.54) is 7.11 Å². The Morgan fingerprint density at radius 2 is 1.56 bits per heavy atom. The molecule has 8 nitrogen and oxygen atoms in total. The third-order valence-corrected chi connectivity index (χ3v) is 3.47. The Balaban J connectivity index is 2.33. The van der Waals surface area contributed by atoms with E-state index in [4.69, 9.17) is 21.7 Å². The van der Waals surface area contributed by atoms with Crippen LogP contribution < -0.4 is 16.0 Å². The molecule has 27 heavy (non-hydrogen) atoms. The van der Waals surface area contributed by atoms with Gasteiger partial charge in [-0.3, -0.25) is 14.4 Å². The predicted octanol–water partition coefficient (Wildman–Crippen LogP) is 2.21. The van der Waals surface area contributed by atoms with Gasteiger partial charge in [-0.15, -0.1) is 0 Å². The first-order valence-corrected chi connectivity index (χ1v) is 9.00. The molecule has 0 aromatic heterocycles. The fraction of sp³-hybridized carbons (Fsp3) is 0.444.